The standard InChI is InChI=1S/C23H15Cl2F2N7O/c24-16-7-4-8-17(25)15(16)11-33-12-28-23(32-33)31-22(35)14-10-29-34-19(20(26)27)9-18(30-21(14)34)13-5-2-1-3-6-13/h1-10,12,20H,11H2,(H,31,32,35). The number of aromatic nitrogens is 6. The SMILES string of the molecule is O=C(Nc1ncn(Cc2c(Cl)cccc2Cl)n1)c1cnn2c(C(F)F)cc(-c3ccccc3)nc12. The van der Waals surface area contributed by atoms with Crippen LogP contribution in [0.15, 0.2) is 67.1 Å². The summed E-state index contributed by atoms with van der Waals surface area (Å²) in [6.07, 6.45) is -0.238. The van der Waals surface area contributed by atoms with E-state index in [1.807, 2.05) is 0 Å². The van der Waals surface area contributed by atoms with E-state index in [-0.39, 0.29) is 29.4 Å². The maximum atomic E-state index is 13.8. The second kappa shape index (κ2) is 9.40. The quantitative estimate of drug-likeness (QED) is 0.322. The lowest BCUT2D eigenvalue weighted by Gasteiger charge is -2.08. The summed E-state index contributed by atoms with van der Waals surface area (Å²) >= 11 is 12.4. The number of hydrogen-bond acceptors (Lipinski definition) is 5. The third-order valence-electron chi connectivity index (χ3n) is 5.18. The van der Waals surface area contributed by atoms with Gasteiger partial charge in [0.15, 0.2) is 5.65 Å². The van der Waals surface area contributed by atoms with E-state index in [2.05, 4.69) is 25.5 Å². The van der Waals surface area contributed by atoms with Crippen molar-refractivity contribution in [3.05, 3.63) is 94.0 Å². The van der Waals surface area contributed by atoms with Crippen LogP contribution in [0.5, 0.6) is 0 Å². The van der Waals surface area contributed by atoms with Gasteiger partial charge in [-0.15, -0.1) is 5.10 Å². The largest absolute Gasteiger partial charge is 0.289 e. The van der Waals surface area contributed by atoms with Crippen molar-refractivity contribution in [1.82, 2.24) is 29.4 Å². The van der Waals surface area contributed by atoms with Crippen LogP contribution in [0.25, 0.3) is 16.9 Å². The van der Waals surface area contributed by atoms with Crippen LogP contribution in [0.1, 0.15) is 28.0 Å². The second-order valence-electron chi connectivity index (χ2n) is 7.45. The summed E-state index contributed by atoms with van der Waals surface area (Å²) in [6.45, 7) is 0.234. The lowest BCUT2D eigenvalue weighted by Crippen LogP contribution is -2.14. The predicted molar refractivity (Wildman–Crippen MR) is 127 cm³/mol. The molecule has 5 aromatic rings. The Morgan fingerprint density at radius 1 is 1.06 bits per heavy atom. The molecule has 0 aliphatic heterocycles. The molecule has 0 saturated carbocycles. The van der Waals surface area contributed by atoms with Crippen LogP contribution < -0.4 is 5.32 Å². The van der Waals surface area contributed by atoms with Gasteiger partial charge in [-0.3, -0.25) is 10.1 Å². The maximum absolute atomic E-state index is 13.8. The Morgan fingerprint density at radius 3 is 2.51 bits per heavy atom. The molecular formula is C23H15Cl2F2N7O. The zero-order valence-electron chi connectivity index (χ0n) is 17.7. The van der Waals surface area contributed by atoms with E-state index in [1.165, 1.54) is 23.3 Å². The highest BCUT2D eigenvalue weighted by Crippen LogP contribution is 2.27. The van der Waals surface area contributed by atoms with Gasteiger partial charge in [-0.05, 0) is 18.2 Å². The third-order valence-corrected chi connectivity index (χ3v) is 5.89. The molecule has 0 saturated heterocycles. The molecule has 1 amide bonds. The van der Waals surface area contributed by atoms with Gasteiger partial charge in [-0.25, -0.2) is 27.9 Å². The number of rotatable bonds is 6. The summed E-state index contributed by atoms with van der Waals surface area (Å²) in [5, 5.41) is 11.7. The zero-order valence-corrected chi connectivity index (χ0v) is 19.3. The summed E-state index contributed by atoms with van der Waals surface area (Å²) in [5.74, 6) is -0.641. The van der Waals surface area contributed by atoms with Crippen molar-refractivity contribution < 1.29 is 13.6 Å². The number of carbonyl (C=O) groups excluding carboxylic acids is 1. The number of carbonyl (C=O) groups is 1. The number of fused-ring (bicyclic) bond motifs is 1. The van der Waals surface area contributed by atoms with E-state index in [0.717, 1.165) is 4.52 Å². The normalized spacial score (nSPS) is 11.3. The number of halogens is 4. The molecule has 8 nitrogen and oxygen atoms in total. The van der Waals surface area contributed by atoms with Crippen LogP contribution in [0.3, 0.4) is 0 Å². The maximum Gasteiger partial charge on any atom is 0.280 e. The van der Waals surface area contributed by atoms with Crippen molar-refractivity contribution in [2.75, 3.05) is 5.32 Å². The topological polar surface area (TPSA) is 90.0 Å². The first-order valence-corrected chi connectivity index (χ1v) is 11.0. The van der Waals surface area contributed by atoms with Crippen molar-refractivity contribution in [2.45, 2.75) is 13.0 Å². The molecule has 3 heterocycles. The fourth-order valence-corrected chi connectivity index (χ4v) is 4.02. The van der Waals surface area contributed by atoms with Gasteiger partial charge >= 0.3 is 0 Å². The van der Waals surface area contributed by atoms with Gasteiger partial charge in [-0.1, -0.05) is 59.6 Å². The minimum Gasteiger partial charge on any atom is -0.289 e. The van der Waals surface area contributed by atoms with Gasteiger partial charge in [0, 0.05) is 21.2 Å². The molecule has 0 bridgehead atoms. The predicted octanol–water partition coefficient (Wildman–Crippen LogP) is 5.53. The van der Waals surface area contributed by atoms with Gasteiger partial charge in [-0.2, -0.15) is 5.10 Å². The Labute approximate surface area is 207 Å². The van der Waals surface area contributed by atoms with E-state index >= 15 is 0 Å². The summed E-state index contributed by atoms with van der Waals surface area (Å²) < 4.78 is 29.9. The van der Waals surface area contributed by atoms with Crippen LogP contribution in [-0.4, -0.2) is 35.3 Å². The number of nitrogens with zero attached hydrogens (tertiary/aromatic N) is 6. The van der Waals surface area contributed by atoms with Crippen molar-refractivity contribution in [1.29, 1.82) is 0 Å². The Balaban J connectivity index is 1.44. The van der Waals surface area contributed by atoms with Gasteiger partial charge in [0.1, 0.15) is 17.6 Å². The van der Waals surface area contributed by atoms with Crippen molar-refractivity contribution in [3.63, 3.8) is 0 Å². The summed E-state index contributed by atoms with van der Waals surface area (Å²) in [7, 11) is 0. The van der Waals surface area contributed by atoms with Crippen LogP contribution >= 0.6 is 23.2 Å². The van der Waals surface area contributed by atoms with Crippen molar-refractivity contribution in [3.8, 4) is 11.3 Å². The number of hydrogen-bond donors (Lipinski definition) is 1. The lowest BCUT2D eigenvalue weighted by molar-refractivity contribution is 0.102. The molecule has 0 aliphatic carbocycles. The number of amides is 1. The molecule has 1 N–H and O–H groups in total. The minimum atomic E-state index is -2.83. The van der Waals surface area contributed by atoms with Crippen molar-refractivity contribution >= 4 is 40.7 Å². The molecule has 2 aromatic carbocycles. The number of nitrogens with one attached hydrogen (secondary N) is 1. The van der Waals surface area contributed by atoms with Crippen molar-refractivity contribution in [2.24, 2.45) is 0 Å². The lowest BCUT2D eigenvalue weighted by atomic mass is 10.1. The average molecular weight is 514 g/mol. The van der Waals surface area contributed by atoms with Gasteiger partial charge in [0.05, 0.1) is 18.4 Å². The number of alkyl halides is 2. The molecule has 0 unspecified atom stereocenters. The molecule has 35 heavy (non-hydrogen) atoms. The van der Waals surface area contributed by atoms with E-state index in [0.29, 0.717) is 26.9 Å². The number of anilines is 1. The summed E-state index contributed by atoms with van der Waals surface area (Å²) in [5.41, 5.74) is 1.17. The Kier molecular flexibility index (Phi) is 6.14. The molecule has 0 radical (unpaired) electrons. The van der Waals surface area contributed by atoms with Crippen LogP contribution in [0.2, 0.25) is 10.0 Å². The molecule has 0 fully saturated rings. The molecule has 3 aromatic heterocycles. The monoisotopic (exact) mass is 513 g/mol. The molecular weight excluding hydrogens is 499 g/mol. The highest BCUT2D eigenvalue weighted by molar-refractivity contribution is 6.36. The second-order valence-corrected chi connectivity index (χ2v) is 8.26. The average Bonchev–Trinajstić information content (AvgIpc) is 3.48. The molecule has 0 spiro atoms. The van der Waals surface area contributed by atoms with E-state index in [1.54, 1.807) is 48.5 Å². The van der Waals surface area contributed by atoms with E-state index in [9.17, 15) is 13.6 Å². The zero-order chi connectivity index (χ0) is 24.5. The summed E-state index contributed by atoms with van der Waals surface area (Å²) in [6, 6.07) is 15.2. The molecule has 0 aliphatic rings. The number of benzene rings is 2. The smallest absolute Gasteiger partial charge is 0.280 e. The fourth-order valence-electron chi connectivity index (χ4n) is 3.50. The first-order chi connectivity index (χ1) is 16.9. The molecule has 12 heteroatoms. The van der Waals surface area contributed by atoms with Gasteiger partial charge in [0.25, 0.3) is 12.3 Å². The van der Waals surface area contributed by atoms with Crippen LogP contribution in [0.4, 0.5) is 14.7 Å². The Bertz CT molecular complexity index is 1520. The highest BCUT2D eigenvalue weighted by atomic mass is 35.5. The van der Waals surface area contributed by atoms with Crippen LogP contribution in [0, 0.1) is 0 Å². The summed E-state index contributed by atoms with van der Waals surface area (Å²) in [4.78, 5) is 21.5. The van der Waals surface area contributed by atoms with Gasteiger partial charge in [0.2, 0.25) is 5.95 Å². The van der Waals surface area contributed by atoms with E-state index < -0.39 is 12.3 Å². The first-order valence-electron chi connectivity index (χ1n) is 10.3. The third kappa shape index (κ3) is 4.58. The Morgan fingerprint density at radius 2 is 1.80 bits per heavy atom. The van der Waals surface area contributed by atoms with Gasteiger partial charge < -0.3 is 0 Å². The minimum absolute atomic E-state index is 0.00446. The molecule has 0 atom stereocenters. The highest BCUT2D eigenvalue weighted by Gasteiger charge is 2.22. The fraction of sp³-hybridized carbons (Fsp3) is 0.0870. The van der Waals surface area contributed by atoms with Crippen LogP contribution in [-0.2, 0) is 6.54 Å². The Hall–Kier alpha value is -3.89. The van der Waals surface area contributed by atoms with E-state index in [4.69, 9.17) is 23.2 Å². The first kappa shape index (κ1) is 22.9. The molecule has 176 valence electrons. The molecule has 5 rings (SSSR count).